The number of nitrogens with zero attached hydrogens (tertiary/aromatic N) is 1. The fraction of sp³-hybridized carbons (Fsp3) is 0.0233. The maximum absolute atomic E-state index is 2.45. The van der Waals surface area contributed by atoms with Crippen LogP contribution in [-0.2, 0) is 5.41 Å². The van der Waals surface area contributed by atoms with Crippen molar-refractivity contribution in [2.24, 2.45) is 0 Å². The molecule has 0 aliphatic heterocycles. The standard InChI is InChI=1S/C43H27N/c1-2-12-28(13-3-1)29-22-25-42-36(26-29)34-17-7-11-21-41(34)44(42)30-23-24-40-35(27-30)33-16-6-10-20-39(33)43(40)37-18-8-4-14-31(37)32-15-5-9-19-38(32)43/h1-27H. The highest BCUT2D eigenvalue weighted by Gasteiger charge is 2.51. The van der Waals surface area contributed by atoms with Crippen LogP contribution in [0.5, 0.6) is 0 Å². The molecule has 0 bridgehead atoms. The van der Waals surface area contributed by atoms with Gasteiger partial charge in [0.2, 0.25) is 0 Å². The summed E-state index contributed by atoms with van der Waals surface area (Å²) >= 11 is 0. The second kappa shape index (κ2) is 8.69. The zero-order valence-electron chi connectivity index (χ0n) is 24.0. The third-order valence-electron chi connectivity index (χ3n) is 10.0. The molecule has 2 aliphatic carbocycles. The first-order chi connectivity index (χ1) is 21.8. The lowest BCUT2D eigenvalue weighted by Crippen LogP contribution is -2.25. The molecule has 0 saturated carbocycles. The molecule has 0 radical (unpaired) electrons. The minimum atomic E-state index is -0.316. The molecule has 0 N–H and O–H groups in total. The number of fused-ring (bicyclic) bond motifs is 13. The Hall–Kier alpha value is -5.66. The van der Waals surface area contributed by atoms with Crippen molar-refractivity contribution < 1.29 is 0 Å². The molecule has 204 valence electrons. The smallest absolute Gasteiger partial charge is 0.0725 e. The summed E-state index contributed by atoms with van der Waals surface area (Å²) in [5.74, 6) is 0. The summed E-state index contributed by atoms with van der Waals surface area (Å²) in [4.78, 5) is 0. The van der Waals surface area contributed by atoms with E-state index in [1.807, 2.05) is 0 Å². The van der Waals surface area contributed by atoms with E-state index in [-0.39, 0.29) is 5.41 Å². The Morgan fingerprint density at radius 2 is 0.886 bits per heavy atom. The van der Waals surface area contributed by atoms with E-state index in [0.717, 1.165) is 0 Å². The summed E-state index contributed by atoms with van der Waals surface area (Å²) in [6.45, 7) is 0. The fourth-order valence-corrected chi connectivity index (χ4v) is 8.29. The molecule has 1 heteroatoms. The third kappa shape index (κ3) is 2.94. The van der Waals surface area contributed by atoms with Gasteiger partial charge in [0.1, 0.15) is 0 Å². The molecule has 1 heterocycles. The summed E-state index contributed by atoms with van der Waals surface area (Å²) in [5, 5.41) is 2.55. The SMILES string of the molecule is c1ccc(-c2ccc3c(c2)c2ccccc2n3-c2ccc3c(c2)-c2ccccc2C32c3ccccc3-c3ccccc32)cc1. The van der Waals surface area contributed by atoms with Crippen LogP contribution in [0.25, 0.3) is 60.9 Å². The highest BCUT2D eigenvalue weighted by molar-refractivity contribution is 6.10. The van der Waals surface area contributed by atoms with Crippen LogP contribution in [0.3, 0.4) is 0 Å². The predicted octanol–water partition coefficient (Wildman–Crippen LogP) is 10.8. The zero-order valence-corrected chi connectivity index (χ0v) is 24.0. The van der Waals surface area contributed by atoms with Crippen molar-refractivity contribution in [1.29, 1.82) is 0 Å². The van der Waals surface area contributed by atoms with Crippen LogP contribution in [0.1, 0.15) is 22.3 Å². The number of benzene rings is 7. The molecule has 44 heavy (non-hydrogen) atoms. The number of hydrogen-bond acceptors (Lipinski definition) is 0. The van der Waals surface area contributed by atoms with Gasteiger partial charge in [0.05, 0.1) is 16.4 Å². The molecule has 0 fully saturated rings. The van der Waals surface area contributed by atoms with Crippen LogP contribution in [0.4, 0.5) is 0 Å². The largest absolute Gasteiger partial charge is 0.309 e. The van der Waals surface area contributed by atoms with Crippen molar-refractivity contribution >= 4 is 21.8 Å². The number of rotatable bonds is 2. The van der Waals surface area contributed by atoms with E-state index in [0.29, 0.717) is 0 Å². The van der Waals surface area contributed by atoms with Crippen molar-refractivity contribution in [2.45, 2.75) is 5.41 Å². The van der Waals surface area contributed by atoms with E-state index in [2.05, 4.69) is 168 Å². The van der Waals surface area contributed by atoms with E-state index >= 15 is 0 Å². The van der Waals surface area contributed by atoms with Gasteiger partial charge in [-0.1, -0.05) is 133 Å². The van der Waals surface area contributed by atoms with Crippen molar-refractivity contribution in [1.82, 2.24) is 4.57 Å². The molecule has 1 nitrogen and oxygen atoms in total. The lowest BCUT2D eigenvalue weighted by Gasteiger charge is -2.30. The van der Waals surface area contributed by atoms with Crippen LogP contribution in [-0.4, -0.2) is 4.57 Å². The van der Waals surface area contributed by atoms with E-state index in [9.17, 15) is 0 Å². The first kappa shape index (κ1) is 23.9. The van der Waals surface area contributed by atoms with Crippen molar-refractivity contribution in [2.75, 3.05) is 0 Å². The van der Waals surface area contributed by atoms with Gasteiger partial charge in [-0.25, -0.2) is 0 Å². The van der Waals surface area contributed by atoms with Gasteiger partial charge in [-0.15, -0.1) is 0 Å². The molecule has 2 aliphatic rings. The summed E-state index contributed by atoms with van der Waals surface area (Å²) in [6.07, 6.45) is 0. The highest BCUT2D eigenvalue weighted by atomic mass is 15.0. The molecule has 0 atom stereocenters. The maximum atomic E-state index is 2.45. The Morgan fingerprint density at radius 3 is 1.59 bits per heavy atom. The first-order valence-electron chi connectivity index (χ1n) is 15.4. The molecule has 1 spiro atoms. The summed E-state index contributed by atoms with van der Waals surface area (Å²) < 4.78 is 2.45. The van der Waals surface area contributed by atoms with Gasteiger partial charge in [0.25, 0.3) is 0 Å². The maximum Gasteiger partial charge on any atom is 0.0725 e. The predicted molar refractivity (Wildman–Crippen MR) is 183 cm³/mol. The molecule has 10 rings (SSSR count). The molecule has 1 aromatic heterocycles. The lowest BCUT2D eigenvalue weighted by molar-refractivity contribution is 0.793. The van der Waals surface area contributed by atoms with Crippen molar-refractivity contribution in [3.63, 3.8) is 0 Å². The van der Waals surface area contributed by atoms with Gasteiger partial charge in [0.15, 0.2) is 0 Å². The molecule has 7 aromatic carbocycles. The summed E-state index contributed by atoms with van der Waals surface area (Å²) in [5.41, 5.74) is 16.6. The minimum absolute atomic E-state index is 0.316. The van der Waals surface area contributed by atoms with Crippen LogP contribution >= 0.6 is 0 Å². The number of aromatic nitrogens is 1. The molecular weight excluding hydrogens is 530 g/mol. The normalized spacial score (nSPS) is 13.6. The van der Waals surface area contributed by atoms with E-state index in [1.165, 1.54) is 83.1 Å². The second-order valence-corrected chi connectivity index (χ2v) is 12.1. The number of hydrogen-bond donors (Lipinski definition) is 0. The van der Waals surface area contributed by atoms with E-state index in [4.69, 9.17) is 0 Å². The topological polar surface area (TPSA) is 4.93 Å². The van der Waals surface area contributed by atoms with Gasteiger partial charge in [-0.05, 0) is 86.0 Å². The Balaban J connectivity index is 1.25. The third-order valence-corrected chi connectivity index (χ3v) is 10.0. The van der Waals surface area contributed by atoms with Gasteiger partial charge in [-0.2, -0.15) is 0 Å². The van der Waals surface area contributed by atoms with E-state index < -0.39 is 0 Å². The molecule has 0 saturated heterocycles. The van der Waals surface area contributed by atoms with Crippen LogP contribution < -0.4 is 0 Å². The van der Waals surface area contributed by atoms with Crippen molar-refractivity contribution in [3.8, 4) is 39.1 Å². The zero-order chi connectivity index (χ0) is 28.8. The Morgan fingerprint density at radius 1 is 0.341 bits per heavy atom. The molecular formula is C43H27N. The Kier molecular flexibility index (Phi) is 4.71. The quantitative estimate of drug-likeness (QED) is 0.199. The lowest BCUT2D eigenvalue weighted by atomic mass is 9.70. The van der Waals surface area contributed by atoms with Gasteiger partial charge in [0, 0.05) is 16.5 Å². The number of para-hydroxylation sites is 1. The van der Waals surface area contributed by atoms with Crippen molar-refractivity contribution in [3.05, 3.63) is 186 Å². The fourth-order valence-electron chi connectivity index (χ4n) is 8.29. The van der Waals surface area contributed by atoms with Crippen LogP contribution in [0.15, 0.2) is 164 Å². The summed E-state index contributed by atoms with van der Waals surface area (Å²) in [6, 6.07) is 60.6. The minimum Gasteiger partial charge on any atom is -0.309 e. The highest BCUT2D eigenvalue weighted by Crippen LogP contribution is 2.62. The summed E-state index contributed by atoms with van der Waals surface area (Å²) in [7, 11) is 0. The van der Waals surface area contributed by atoms with Gasteiger partial charge >= 0.3 is 0 Å². The van der Waals surface area contributed by atoms with Gasteiger partial charge in [-0.3, -0.25) is 0 Å². The monoisotopic (exact) mass is 557 g/mol. The van der Waals surface area contributed by atoms with Crippen LogP contribution in [0.2, 0.25) is 0 Å². The second-order valence-electron chi connectivity index (χ2n) is 12.1. The average molecular weight is 558 g/mol. The van der Waals surface area contributed by atoms with Crippen LogP contribution in [0, 0.1) is 0 Å². The Labute approximate surface area is 256 Å². The Bertz CT molecular complexity index is 2400. The molecule has 8 aromatic rings. The molecule has 0 amide bonds. The molecule has 0 unspecified atom stereocenters. The van der Waals surface area contributed by atoms with E-state index in [1.54, 1.807) is 0 Å². The first-order valence-corrected chi connectivity index (χ1v) is 15.4. The average Bonchev–Trinajstić information content (AvgIpc) is 3.70. The van der Waals surface area contributed by atoms with Gasteiger partial charge < -0.3 is 4.57 Å².